The van der Waals surface area contributed by atoms with Crippen LogP contribution >= 0.6 is 0 Å². The van der Waals surface area contributed by atoms with Crippen molar-refractivity contribution in [2.45, 2.75) is 13.0 Å². The maximum absolute atomic E-state index is 12.7. The molecule has 0 radical (unpaired) electrons. The zero-order chi connectivity index (χ0) is 15.1. The van der Waals surface area contributed by atoms with Gasteiger partial charge in [0.05, 0.1) is 5.52 Å². The third-order valence-corrected chi connectivity index (χ3v) is 4.28. The molecule has 0 saturated carbocycles. The van der Waals surface area contributed by atoms with Crippen molar-refractivity contribution in [3.05, 3.63) is 59.2 Å². The fourth-order valence-electron chi connectivity index (χ4n) is 3.03. The number of nitrogens with zero attached hydrogens (tertiary/aromatic N) is 4. The number of aryl methyl sites for hydroxylation is 1. The highest BCUT2D eigenvalue weighted by Gasteiger charge is 2.22. The van der Waals surface area contributed by atoms with Gasteiger partial charge in [0.15, 0.2) is 0 Å². The Morgan fingerprint density at radius 2 is 1.95 bits per heavy atom. The number of hydrogen-bond acceptors (Lipinski definition) is 3. The predicted octanol–water partition coefficient (Wildman–Crippen LogP) is 2.17. The van der Waals surface area contributed by atoms with Gasteiger partial charge in [0.1, 0.15) is 5.52 Å². The quantitative estimate of drug-likeness (QED) is 0.690. The lowest BCUT2D eigenvalue weighted by atomic mass is 9.99. The molecule has 5 nitrogen and oxygen atoms in total. The highest BCUT2D eigenvalue weighted by Crippen LogP contribution is 2.21. The van der Waals surface area contributed by atoms with Crippen molar-refractivity contribution in [3.8, 4) is 0 Å². The first-order valence-corrected chi connectivity index (χ1v) is 7.38. The van der Waals surface area contributed by atoms with Crippen LogP contribution in [0.25, 0.3) is 11.0 Å². The van der Waals surface area contributed by atoms with Crippen LogP contribution in [0.1, 0.15) is 21.5 Å². The molecule has 0 aliphatic carbocycles. The molecular weight excluding hydrogens is 276 g/mol. The van der Waals surface area contributed by atoms with E-state index >= 15 is 0 Å². The van der Waals surface area contributed by atoms with Crippen molar-refractivity contribution in [3.63, 3.8) is 0 Å². The van der Waals surface area contributed by atoms with E-state index in [9.17, 15) is 4.79 Å². The van der Waals surface area contributed by atoms with E-state index in [1.54, 1.807) is 4.68 Å². The third-order valence-electron chi connectivity index (χ3n) is 4.28. The number of amides is 1. The Morgan fingerprint density at radius 1 is 1.14 bits per heavy atom. The first kappa shape index (κ1) is 13.0. The van der Waals surface area contributed by atoms with Crippen LogP contribution in [0.4, 0.5) is 0 Å². The number of carbonyl (C=O) groups is 1. The lowest BCUT2D eigenvalue weighted by molar-refractivity contribution is 0.0735. The van der Waals surface area contributed by atoms with Crippen LogP contribution in [-0.2, 0) is 20.0 Å². The molecule has 22 heavy (non-hydrogen) atoms. The summed E-state index contributed by atoms with van der Waals surface area (Å²) in [6.45, 7) is 1.43. The zero-order valence-electron chi connectivity index (χ0n) is 12.4. The minimum absolute atomic E-state index is 0.0575. The lowest BCUT2D eigenvalue weighted by Gasteiger charge is -2.29. The number of benzene rings is 2. The van der Waals surface area contributed by atoms with Crippen LogP contribution in [0.2, 0.25) is 0 Å². The van der Waals surface area contributed by atoms with E-state index in [1.807, 2.05) is 36.2 Å². The van der Waals surface area contributed by atoms with Gasteiger partial charge in [0.25, 0.3) is 5.91 Å². The normalized spacial score (nSPS) is 14.1. The minimum Gasteiger partial charge on any atom is -0.334 e. The fourth-order valence-corrected chi connectivity index (χ4v) is 3.03. The molecule has 0 saturated heterocycles. The van der Waals surface area contributed by atoms with Crippen molar-refractivity contribution in [1.29, 1.82) is 0 Å². The largest absolute Gasteiger partial charge is 0.334 e. The number of rotatable bonds is 1. The summed E-state index contributed by atoms with van der Waals surface area (Å²) in [4.78, 5) is 14.6. The topological polar surface area (TPSA) is 51.0 Å². The average Bonchev–Trinajstić information content (AvgIpc) is 2.94. The first-order valence-electron chi connectivity index (χ1n) is 7.38. The van der Waals surface area contributed by atoms with Crippen LogP contribution in [0, 0.1) is 0 Å². The molecule has 0 unspecified atom stereocenters. The smallest absolute Gasteiger partial charge is 0.254 e. The zero-order valence-corrected chi connectivity index (χ0v) is 12.4. The number of fused-ring (bicyclic) bond motifs is 2. The Hall–Kier alpha value is -2.69. The van der Waals surface area contributed by atoms with E-state index < -0.39 is 0 Å². The monoisotopic (exact) mass is 292 g/mol. The molecule has 1 aliphatic rings. The van der Waals surface area contributed by atoms with Gasteiger partial charge < -0.3 is 4.90 Å². The molecule has 110 valence electrons. The van der Waals surface area contributed by atoms with Gasteiger partial charge in [-0.15, -0.1) is 5.10 Å². The van der Waals surface area contributed by atoms with E-state index in [-0.39, 0.29) is 5.91 Å². The molecule has 5 heteroatoms. The number of hydrogen-bond donors (Lipinski definition) is 0. The molecular formula is C17H16N4O. The van der Waals surface area contributed by atoms with Gasteiger partial charge in [-0.2, -0.15) is 0 Å². The molecule has 1 aliphatic heterocycles. The van der Waals surface area contributed by atoms with E-state index in [0.29, 0.717) is 12.1 Å². The molecule has 3 aromatic rings. The summed E-state index contributed by atoms with van der Waals surface area (Å²) in [6, 6.07) is 13.9. The van der Waals surface area contributed by atoms with Gasteiger partial charge in [-0.1, -0.05) is 29.5 Å². The van der Waals surface area contributed by atoms with Gasteiger partial charge in [-0.3, -0.25) is 4.79 Å². The molecule has 0 N–H and O–H groups in total. The SMILES string of the molecule is Cn1nnc2cc(C(=O)N3CCc4ccccc4C3)ccc21. The van der Waals surface area contributed by atoms with Gasteiger partial charge in [0.2, 0.25) is 0 Å². The molecule has 1 aromatic heterocycles. The molecule has 4 rings (SSSR count). The summed E-state index contributed by atoms with van der Waals surface area (Å²) >= 11 is 0. The second-order valence-electron chi connectivity index (χ2n) is 5.66. The Balaban J connectivity index is 1.63. The second kappa shape index (κ2) is 4.94. The summed E-state index contributed by atoms with van der Waals surface area (Å²) in [5.41, 5.74) is 4.94. The lowest BCUT2D eigenvalue weighted by Crippen LogP contribution is -2.35. The summed E-state index contributed by atoms with van der Waals surface area (Å²) < 4.78 is 1.71. The molecule has 0 fully saturated rings. The molecule has 1 amide bonds. The van der Waals surface area contributed by atoms with Gasteiger partial charge in [0, 0.05) is 25.7 Å². The molecule has 0 bridgehead atoms. The van der Waals surface area contributed by atoms with Crippen molar-refractivity contribution in [1.82, 2.24) is 19.9 Å². The Morgan fingerprint density at radius 3 is 2.82 bits per heavy atom. The van der Waals surface area contributed by atoms with Gasteiger partial charge in [-0.25, -0.2) is 4.68 Å². The molecule has 0 atom stereocenters. The standard InChI is InChI=1S/C17H16N4O/c1-20-16-7-6-13(10-15(16)18-19-20)17(22)21-9-8-12-4-2-3-5-14(12)11-21/h2-7,10H,8-9,11H2,1H3. The van der Waals surface area contributed by atoms with Crippen molar-refractivity contribution in [2.24, 2.45) is 7.05 Å². The molecule has 2 aromatic carbocycles. The molecule has 2 heterocycles. The van der Waals surface area contributed by atoms with Gasteiger partial charge in [-0.05, 0) is 35.7 Å². The summed E-state index contributed by atoms with van der Waals surface area (Å²) in [7, 11) is 1.85. The maximum Gasteiger partial charge on any atom is 0.254 e. The third kappa shape index (κ3) is 2.06. The van der Waals surface area contributed by atoms with Crippen molar-refractivity contribution >= 4 is 16.9 Å². The second-order valence-corrected chi connectivity index (χ2v) is 5.66. The Kier molecular flexibility index (Phi) is 2.92. The van der Waals surface area contributed by atoms with E-state index in [2.05, 4.69) is 28.5 Å². The minimum atomic E-state index is 0.0575. The van der Waals surface area contributed by atoms with Crippen LogP contribution < -0.4 is 0 Å². The van der Waals surface area contributed by atoms with Crippen LogP contribution in [0.3, 0.4) is 0 Å². The van der Waals surface area contributed by atoms with E-state index in [0.717, 1.165) is 24.0 Å². The van der Waals surface area contributed by atoms with E-state index in [4.69, 9.17) is 0 Å². The molecule has 0 spiro atoms. The van der Waals surface area contributed by atoms with E-state index in [1.165, 1.54) is 11.1 Å². The summed E-state index contributed by atoms with van der Waals surface area (Å²) in [5.74, 6) is 0.0575. The van der Waals surface area contributed by atoms with Crippen LogP contribution in [-0.4, -0.2) is 32.3 Å². The number of aromatic nitrogens is 3. The highest BCUT2D eigenvalue weighted by molar-refractivity contribution is 5.97. The summed E-state index contributed by atoms with van der Waals surface area (Å²) in [5, 5.41) is 8.06. The fraction of sp³-hybridized carbons (Fsp3) is 0.235. The van der Waals surface area contributed by atoms with Gasteiger partial charge >= 0.3 is 0 Å². The maximum atomic E-state index is 12.7. The average molecular weight is 292 g/mol. The van der Waals surface area contributed by atoms with Crippen molar-refractivity contribution < 1.29 is 4.79 Å². The van der Waals surface area contributed by atoms with Crippen LogP contribution in [0.15, 0.2) is 42.5 Å². The summed E-state index contributed by atoms with van der Waals surface area (Å²) in [6.07, 6.45) is 0.912. The van der Waals surface area contributed by atoms with Crippen LogP contribution in [0.5, 0.6) is 0 Å². The first-order chi connectivity index (χ1) is 10.7. The van der Waals surface area contributed by atoms with Crippen molar-refractivity contribution in [2.75, 3.05) is 6.54 Å². The Bertz CT molecular complexity index is 868. The highest BCUT2D eigenvalue weighted by atomic mass is 16.2. The Labute approximate surface area is 128 Å². The predicted molar refractivity (Wildman–Crippen MR) is 83.4 cm³/mol. The number of carbonyl (C=O) groups excluding carboxylic acids is 1.